The molecule has 4 heteroatoms. The molecule has 13 heavy (non-hydrogen) atoms. The van der Waals surface area contributed by atoms with Gasteiger partial charge in [-0.15, -0.1) is 0 Å². The summed E-state index contributed by atoms with van der Waals surface area (Å²) in [5, 5.41) is 0. The Morgan fingerprint density at radius 3 is 3.08 bits per heavy atom. The number of aromatic nitrogens is 1. The minimum Gasteiger partial charge on any atom is -0.495 e. The number of methoxy groups -OCH3 is 1. The van der Waals surface area contributed by atoms with E-state index < -0.39 is 12.0 Å². The molecule has 1 aliphatic carbocycles. The Hall–Kier alpha value is -1.45. The summed E-state index contributed by atoms with van der Waals surface area (Å²) in [5.74, 6) is 0.00685. The number of hydrogen-bond acceptors (Lipinski definition) is 3. The average Bonchev–Trinajstić information content (AvgIpc) is 2.43. The minimum atomic E-state index is -1.42. The molecule has 0 saturated carbocycles. The Morgan fingerprint density at radius 1 is 1.62 bits per heavy atom. The molecule has 3 nitrogen and oxygen atoms in total. The normalized spacial score (nSPS) is 20.2. The molecule has 68 valence electrons. The lowest BCUT2D eigenvalue weighted by Crippen LogP contribution is -2.08. The molecule has 0 fully saturated rings. The number of ether oxygens (including phenoxy) is 1. The first kappa shape index (κ1) is 8.16. The summed E-state index contributed by atoms with van der Waals surface area (Å²) in [4.78, 5) is 15.0. The van der Waals surface area contributed by atoms with E-state index in [-0.39, 0.29) is 6.42 Å². The van der Waals surface area contributed by atoms with Crippen LogP contribution in [0.5, 0.6) is 5.75 Å². The van der Waals surface area contributed by atoms with Gasteiger partial charge in [0.25, 0.3) is 0 Å². The van der Waals surface area contributed by atoms with Gasteiger partial charge in [0, 0.05) is 23.7 Å². The number of hydrogen-bond donors (Lipinski definition) is 0. The van der Waals surface area contributed by atoms with Gasteiger partial charge in [0.1, 0.15) is 5.75 Å². The van der Waals surface area contributed by atoms with E-state index in [1.165, 1.54) is 19.5 Å². The summed E-state index contributed by atoms with van der Waals surface area (Å²) < 4.78 is 18.0. The summed E-state index contributed by atoms with van der Waals surface area (Å²) in [6.07, 6.45) is 1.57. The van der Waals surface area contributed by atoms with E-state index in [2.05, 4.69) is 4.98 Å². The van der Waals surface area contributed by atoms with Crippen LogP contribution < -0.4 is 4.74 Å². The third kappa shape index (κ3) is 1.09. The van der Waals surface area contributed by atoms with Gasteiger partial charge in [-0.25, -0.2) is 4.39 Å². The molecular formula is C9H8FNO2. The minimum absolute atomic E-state index is 0.111. The summed E-state index contributed by atoms with van der Waals surface area (Å²) >= 11 is 0. The van der Waals surface area contributed by atoms with Gasteiger partial charge >= 0.3 is 0 Å². The first-order chi connectivity index (χ1) is 6.24. The fourth-order valence-electron chi connectivity index (χ4n) is 1.51. The zero-order valence-corrected chi connectivity index (χ0v) is 7.08. The Labute approximate surface area is 74.5 Å². The van der Waals surface area contributed by atoms with E-state index in [0.29, 0.717) is 16.9 Å². The molecule has 0 saturated heterocycles. The molecule has 1 unspecified atom stereocenters. The van der Waals surface area contributed by atoms with Gasteiger partial charge in [-0.3, -0.25) is 9.78 Å². The van der Waals surface area contributed by atoms with Crippen LogP contribution in [-0.2, 0) is 6.42 Å². The van der Waals surface area contributed by atoms with Crippen molar-refractivity contribution in [2.24, 2.45) is 0 Å². The first-order valence-corrected chi connectivity index (χ1v) is 3.93. The van der Waals surface area contributed by atoms with Crippen LogP contribution in [0.1, 0.15) is 15.9 Å². The molecule has 1 aliphatic rings. The third-order valence-corrected chi connectivity index (χ3v) is 2.17. The van der Waals surface area contributed by atoms with Gasteiger partial charge in [-0.1, -0.05) is 0 Å². The van der Waals surface area contributed by atoms with E-state index in [4.69, 9.17) is 4.74 Å². The number of ketones is 1. The zero-order valence-electron chi connectivity index (χ0n) is 7.08. The van der Waals surface area contributed by atoms with Crippen molar-refractivity contribution in [3.05, 3.63) is 23.5 Å². The SMILES string of the molecule is COc1cncc2c1CC(F)C2=O. The van der Waals surface area contributed by atoms with Gasteiger partial charge in [0.05, 0.1) is 13.3 Å². The van der Waals surface area contributed by atoms with Crippen LogP contribution in [0.4, 0.5) is 4.39 Å². The Kier molecular flexibility index (Phi) is 1.76. The van der Waals surface area contributed by atoms with E-state index >= 15 is 0 Å². The Balaban J connectivity index is 2.55. The Bertz CT molecular complexity index is 365. The molecule has 1 heterocycles. The number of rotatable bonds is 1. The molecule has 0 N–H and O–H groups in total. The van der Waals surface area contributed by atoms with Crippen LogP contribution in [0.15, 0.2) is 12.4 Å². The molecule has 0 bridgehead atoms. The van der Waals surface area contributed by atoms with Gasteiger partial charge in [0.2, 0.25) is 0 Å². The lowest BCUT2D eigenvalue weighted by molar-refractivity contribution is 0.0899. The molecule has 0 radical (unpaired) electrons. The standard InChI is InChI=1S/C9H8FNO2/c1-13-8-4-11-3-6-5(8)2-7(10)9(6)12/h3-4,7H,2H2,1H3. The number of alkyl halides is 1. The highest BCUT2D eigenvalue weighted by molar-refractivity contribution is 6.04. The van der Waals surface area contributed by atoms with Crippen molar-refractivity contribution < 1.29 is 13.9 Å². The van der Waals surface area contributed by atoms with Crippen LogP contribution in [-0.4, -0.2) is 24.0 Å². The van der Waals surface area contributed by atoms with Crippen molar-refractivity contribution in [1.29, 1.82) is 0 Å². The fourth-order valence-corrected chi connectivity index (χ4v) is 1.51. The number of carbonyl (C=O) groups is 1. The predicted molar refractivity (Wildman–Crippen MR) is 43.7 cm³/mol. The maximum Gasteiger partial charge on any atom is 0.199 e. The molecule has 0 amide bonds. The molecule has 1 aromatic rings. The van der Waals surface area contributed by atoms with Crippen molar-refractivity contribution in [3.63, 3.8) is 0 Å². The first-order valence-electron chi connectivity index (χ1n) is 3.93. The maximum atomic E-state index is 13.0. The van der Waals surface area contributed by atoms with Crippen LogP contribution in [0, 0.1) is 0 Å². The van der Waals surface area contributed by atoms with Gasteiger partial charge in [-0.2, -0.15) is 0 Å². The number of carbonyl (C=O) groups excluding carboxylic acids is 1. The van der Waals surface area contributed by atoms with Crippen LogP contribution in [0.25, 0.3) is 0 Å². The Morgan fingerprint density at radius 2 is 2.38 bits per heavy atom. The monoisotopic (exact) mass is 181 g/mol. The lowest BCUT2D eigenvalue weighted by Gasteiger charge is -2.03. The zero-order chi connectivity index (χ0) is 9.42. The molecule has 0 spiro atoms. The van der Waals surface area contributed by atoms with E-state index in [1.54, 1.807) is 0 Å². The van der Waals surface area contributed by atoms with E-state index in [9.17, 15) is 9.18 Å². The highest BCUT2D eigenvalue weighted by Gasteiger charge is 2.32. The van der Waals surface area contributed by atoms with Crippen molar-refractivity contribution in [2.75, 3.05) is 7.11 Å². The molecule has 1 aromatic heterocycles. The second-order valence-electron chi connectivity index (χ2n) is 2.90. The average molecular weight is 181 g/mol. The molecule has 2 rings (SSSR count). The smallest absolute Gasteiger partial charge is 0.199 e. The molecule has 1 atom stereocenters. The molecule has 0 aliphatic heterocycles. The number of pyridine rings is 1. The van der Waals surface area contributed by atoms with Gasteiger partial charge < -0.3 is 4.74 Å². The van der Waals surface area contributed by atoms with Crippen molar-refractivity contribution in [3.8, 4) is 5.75 Å². The number of Topliss-reactive ketones (excluding diaryl/α,β-unsaturated/α-hetero) is 1. The van der Waals surface area contributed by atoms with Crippen LogP contribution in [0.2, 0.25) is 0 Å². The topological polar surface area (TPSA) is 39.2 Å². The summed E-state index contributed by atoms with van der Waals surface area (Å²) in [7, 11) is 1.48. The fraction of sp³-hybridized carbons (Fsp3) is 0.333. The van der Waals surface area contributed by atoms with Gasteiger partial charge in [0.15, 0.2) is 12.0 Å². The van der Waals surface area contributed by atoms with Crippen molar-refractivity contribution in [2.45, 2.75) is 12.6 Å². The lowest BCUT2D eigenvalue weighted by atomic mass is 10.2. The van der Waals surface area contributed by atoms with Crippen LogP contribution >= 0.6 is 0 Å². The van der Waals surface area contributed by atoms with Gasteiger partial charge in [-0.05, 0) is 0 Å². The van der Waals surface area contributed by atoms with E-state index in [0.717, 1.165) is 0 Å². The highest BCUT2D eigenvalue weighted by Crippen LogP contribution is 2.30. The second-order valence-corrected chi connectivity index (χ2v) is 2.90. The summed E-state index contributed by atoms with van der Waals surface area (Å²) in [6, 6.07) is 0. The predicted octanol–water partition coefficient (Wildman–Crippen LogP) is 1.17. The third-order valence-electron chi connectivity index (χ3n) is 2.17. The highest BCUT2D eigenvalue weighted by atomic mass is 19.1. The molecular weight excluding hydrogens is 173 g/mol. The quantitative estimate of drug-likeness (QED) is 0.652. The summed E-state index contributed by atoms with van der Waals surface area (Å²) in [6.45, 7) is 0. The second kappa shape index (κ2) is 2.80. The largest absolute Gasteiger partial charge is 0.495 e. The van der Waals surface area contributed by atoms with E-state index in [1.807, 2.05) is 0 Å². The summed E-state index contributed by atoms with van der Waals surface area (Å²) in [5.41, 5.74) is 0.988. The maximum absolute atomic E-state index is 13.0. The number of nitrogens with zero attached hydrogens (tertiary/aromatic N) is 1. The number of halogens is 1. The van der Waals surface area contributed by atoms with Crippen LogP contribution in [0.3, 0.4) is 0 Å². The van der Waals surface area contributed by atoms with Crippen molar-refractivity contribution in [1.82, 2.24) is 4.98 Å². The molecule has 0 aromatic carbocycles. The number of fused-ring (bicyclic) bond motifs is 1. The van der Waals surface area contributed by atoms with Crippen molar-refractivity contribution >= 4 is 5.78 Å².